The molecule has 32 heavy (non-hydrogen) atoms. The largest absolute Gasteiger partial charge is 0.489 e. The van der Waals surface area contributed by atoms with Crippen LogP contribution >= 0.6 is 11.6 Å². The Labute approximate surface area is 189 Å². The van der Waals surface area contributed by atoms with E-state index in [9.17, 15) is 4.79 Å². The fourth-order valence-corrected chi connectivity index (χ4v) is 3.02. The van der Waals surface area contributed by atoms with Crippen LogP contribution in [0, 0.1) is 0 Å². The lowest BCUT2D eigenvalue weighted by atomic mass is 10.1. The number of hydrazone groups is 1. The summed E-state index contributed by atoms with van der Waals surface area (Å²) in [6.45, 7) is 2.15. The highest BCUT2D eigenvalue weighted by atomic mass is 35.5. The average Bonchev–Trinajstić information content (AvgIpc) is 3.37. The molecule has 1 N–H and O–H groups in total. The predicted octanol–water partition coefficient (Wildman–Crippen LogP) is 4.05. The van der Waals surface area contributed by atoms with E-state index in [1.54, 1.807) is 41.1 Å². The van der Waals surface area contributed by atoms with E-state index in [0.29, 0.717) is 28.7 Å². The number of benzene rings is 3. The second-order valence-electron chi connectivity index (χ2n) is 6.88. The Bertz CT molecular complexity index is 1220. The molecular weight excluding hydrogens is 428 g/mol. The van der Waals surface area contributed by atoms with Gasteiger partial charge < -0.3 is 4.74 Å². The highest BCUT2D eigenvalue weighted by Crippen LogP contribution is 2.17. The van der Waals surface area contributed by atoms with Crippen LogP contribution in [0.4, 0.5) is 0 Å². The lowest BCUT2D eigenvalue weighted by Gasteiger charge is -2.08. The van der Waals surface area contributed by atoms with Gasteiger partial charge in [0.15, 0.2) is 0 Å². The van der Waals surface area contributed by atoms with E-state index < -0.39 is 0 Å². The van der Waals surface area contributed by atoms with Crippen molar-refractivity contribution in [2.75, 3.05) is 0 Å². The van der Waals surface area contributed by atoms with Gasteiger partial charge in [0.2, 0.25) is 0 Å². The van der Waals surface area contributed by atoms with Crippen molar-refractivity contribution < 1.29 is 9.53 Å². The first-order valence-electron chi connectivity index (χ1n) is 9.74. The lowest BCUT2D eigenvalue weighted by molar-refractivity contribution is 0.0954. The summed E-state index contributed by atoms with van der Waals surface area (Å²) in [5.41, 5.74) is 6.33. The number of hydrogen-bond acceptors (Lipinski definition) is 6. The Balaban J connectivity index is 1.37. The van der Waals surface area contributed by atoms with Gasteiger partial charge in [-0.2, -0.15) is 5.10 Å². The minimum Gasteiger partial charge on any atom is -0.489 e. The second-order valence-corrected chi connectivity index (χ2v) is 7.32. The molecule has 0 aliphatic heterocycles. The van der Waals surface area contributed by atoms with Gasteiger partial charge in [-0.25, -0.2) is 10.1 Å². The van der Waals surface area contributed by atoms with Crippen molar-refractivity contribution in [1.82, 2.24) is 25.6 Å². The first-order chi connectivity index (χ1) is 15.6. The van der Waals surface area contributed by atoms with Crippen LogP contribution in [0.1, 0.15) is 28.4 Å². The number of aromatic nitrogens is 4. The summed E-state index contributed by atoms with van der Waals surface area (Å²) >= 11 is 5.88. The van der Waals surface area contributed by atoms with Gasteiger partial charge in [0.05, 0.1) is 11.4 Å². The maximum atomic E-state index is 12.6. The summed E-state index contributed by atoms with van der Waals surface area (Å²) in [6, 6.07) is 21.8. The fraction of sp³-hybridized carbons (Fsp3) is 0.0870. The van der Waals surface area contributed by atoms with Crippen LogP contribution in [-0.2, 0) is 6.61 Å². The molecule has 1 amide bonds. The molecular formula is C23H19ClN6O2. The van der Waals surface area contributed by atoms with Crippen LogP contribution < -0.4 is 10.2 Å². The smallest absolute Gasteiger partial charge is 0.271 e. The van der Waals surface area contributed by atoms with Crippen molar-refractivity contribution in [3.8, 4) is 11.4 Å². The Morgan fingerprint density at radius 1 is 1.06 bits per heavy atom. The molecule has 9 heteroatoms. The van der Waals surface area contributed by atoms with E-state index >= 15 is 0 Å². The topological polar surface area (TPSA) is 94.3 Å². The van der Waals surface area contributed by atoms with Crippen molar-refractivity contribution in [2.45, 2.75) is 13.5 Å². The number of nitrogens with one attached hydrogen (secondary N) is 1. The standard InChI is InChI=1S/C23H19ClN6O2/c1-16(18-5-9-21(10-6-18)30-15-25-28-29-30)26-27-23(31)19-4-2-3-17(13-19)14-32-22-11-7-20(24)8-12-22/h2-13,15H,14H2,1H3,(H,27,31)/b26-16-. The number of carbonyl (C=O) groups is 1. The third-order valence-electron chi connectivity index (χ3n) is 4.63. The lowest BCUT2D eigenvalue weighted by Crippen LogP contribution is -2.19. The third-order valence-corrected chi connectivity index (χ3v) is 4.88. The third kappa shape index (κ3) is 5.35. The number of tetrazole rings is 1. The quantitative estimate of drug-likeness (QED) is 0.341. The molecule has 0 spiro atoms. The van der Waals surface area contributed by atoms with Crippen molar-refractivity contribution in [2.24, 2.45) is 5.10 Å². The predicted molar refractivity (Wildman–Crippen MR) is 121 cm³/mol. The number of nitrogens with zero attached hydrogens (tertiary/aromatic N) is 5. The van der Waals surface area contributed by atoms with Gasteiger partial charge >= 0.3 is 0 Å². The summed E-state index contributed by atoms with van der Waals surface area (Å²) in [6.07, 6.45) is 1.52. The summed E-state index contributed by atoms with van der Waals surface area (Å²) < 4.78 is 7.30. The van der Waals surface area contributed by atoms with E-state index in [1.807, 2.05) is 43.3 Å². The summed E-state index contributed by atoms with van der Waals surface area (Å²) in [5.74, 6) is 0.401. The van der Waals surface area contributed by atoms with E-state index in [1.165, 1.54) is 6.33 Å². The van der Waals surface area contributed by atoms with Crippen LogP contribution in [0.5, 0.6) is 5.75 Å². The molecule has 0 saturated heterocycles. The van der Waals surface area contributed by atoms with Crippen LogP contribution in [0.25, 0.3) is 5.69 Å². The van der Waals surface area contributed by atoms with Gasteiger partial charge in [-0.1, -0.05) is 35.9 Å². The Hall–Kier alpha value is -4.04. The molecule has 0 aliphatic carbocycles. The summed E-state index contributed by atoms with van der Waals surface area (Å²) in [7, 11) is 0. The van der Waals surface area contributed by atoms with Crippen molar-refractivity contribution in [3.63, 3.8) is 0 Å². The minimum absolute atomic E-state index is 0.303. The molecule has 1 heterocycles. The highest BCUT2D eigenvalue weighted by Gasteiger charge is 2.07. The van der Waals surface area contributed by atoms with E-state index in [-0.39, 0.29) is 5.91 Å². The molecule has 0 fully saturated rings. The SMILES string of the molecule is C/C(=N/NC(=O)c1cccc(COc2ccc(Cl)cc2)c1)c1ccc(-n2cnnn2)cc1. The van der Waals surface area contributed by atoms with Crippen LogP contribution in [-0.4, -0.2) is 31.8 Å². The van der Waals surface area contributed by atoms with Gasteiger partial charge in [0, 0.05) is 10.6 Å². The molecule has 0 unspecified atom stereocenters. The van der Waals surface area contributed by atoms with Gasteiger partial charge in [0.1, 0.15) is 18.7 Å². The number of rotatable bonds is 7. The molecule has 0 bridgehead atoms. The number of halogens is 1. The number of ether oxygens (including phenoxy) is 1. The molecule has 160 valence electrons. The average molecular weight is 447 g/mol. The zero-order chi connectivity index (χ0) is 22.3. The monoisotopic (exact) mass is 446 g/mol. The molecule has 8 nitrogen and oxygen atoms in total. The Morgan fingerprint density at radius 2 is 1.84 bits per heavy atom. The van der Waals surface area contributed by atoms with Crippen LogP contribution in [0.3, 0.4) is 0 Å². The molecule has 4 rings (SSSR count). The van der Waals surface area contributed by atoms with Crippen molar-refractivity contribution in [3.05, 3.63) is 101 Å². The summed E-state index contributed by atoms with van der Waals surface area (Å²) in [5, 5.41) is 16.0. The van der Waals surface area contributed by atoms with E-state index in [2.05, 4.69) is 26.1 Å². The highest BCUT2D eigenvalue weighted by molar-refractivity contribution is 6.30. The normalized spacial score (nSPS) is 11.2. The maximum Gasteiger partial charge on any atom is 0.271 e. The van der Waals surface area contributed by atoms with Gasteiger partial charge in [-0.3, -0.25) is 4.79 Å². The zero-order valence-corrected chi connectivity index (χ0v) is 17.9. The molecule has 0 atom stereocenters. The first-order valence-corrected chi connectivity index (χ1v) is 10.1. The fourth-order valence-electron chi connectivity index (χ4n) is 2.90. The molecule has 4 aromatic rings. The van der Waals surface area contributed by atoms with Gasteiger partial charge in [0.25, 0.3) is 5.91 Å². The molecule has 0 aliphatic rings. The molecule has 1 aromatic heterocycles. The molecule has 0 saturated carbocycles. The zero-order valence-electron chi connectivity index (χ0n) is 17.1. The minimum atomic E-state index is -0.303. The second kappa shape index (κ2) is 9.84. The Kier molecular flexibility index (Phi) is 6.52. The number of amides is 1. The number of carbonyl (C=O) groups excluding carboxylic acids is 1. The Morgan fingerprint density at radius 3 is 2.56 bits per heavy atom. The van der Waals surface area contributed by atoms with Gasteiger partial charge in [-0.15, -0.1) is 5.10 Å². The first kappa shape index (κ1) is 21.2. The maximum absolute atomic E-state index is 12.6. The van der Waals surface area contributed by atoms with Crippen LogP contribution in [0.15, 0.2) is 84.2 Å². The van der Waals surface area contributed by atoms with Gasteiger partial charge in [-0.05, 0) is 77.0 Å². The van der Waals surface area contributed by atoms with E-state index in [0.717, 1.165) is 16.8 Å². The van der Waals surface area contributed by atoms with E-state index in [4.69, 9.17) is 16.3 Å². The molecule has 0 radical (unpaired) electrons. The van der Waals surface area contributed by atoms with Crippen molar-refractivity contribution >= 4 is 23.2 Å². The van der Waals surface area contributed by atoms with Crippen LogP contribution in [0.2, 0.25) is 5.02 Å². The molecule has 3 aromatic carbocycles. The summed E-state index contributed by atoms with van der Waals surface area (Å²) in [4.78, 5) is 12.6. The van der Waals surface area contributed by atoms with Crippen molar-refractivity contribution in [1.29, 1.82) is 0 Å². The number of hydrogen-bond donors (Lipinski definition) is 1.